The van der Waals surface area contributed by atoms with E-state index < -0.39 is 0 Å². The van der Waals surface area contributed by atoms with Gasteiger partial charge in [-0.2, -0.15) is 0 Å². The lowest BCUT2D eigenvalue weighted by atomic mass is 9.94. The Morgan fingerprint density at radius 2 is 2.00 bits per heavy atom. The molecule has 1 aliphatic rings. The van der Waals surface area contributed by atoms with E-state index in [1.165, 1.54) is 31.5 Å². The molecule has 1 aliphatic heterocycles. The van der Waals surface area contributed by atoms with Crippen molar-refractivity contribution in [3.05, 3.63) is 29.8 Å². The van der Waals surface area contributed by atoms with Gasteiger partial charge in [-0.3, -0.25) is 4.90 Å². The zero-order chi connectivity index (χ0) is 11.5. The fraction of sp³-hybridized carbons (Fsp3) is 0.571. The first-order chi connectivity index (χ1) is 7.65. The van der Waals surface area contributed by atoms with Crippen LogP contribution in [0.15, 0.2) is 24.3 Å². The van der Waals surface area contributed by atoms with Crippen LogP contribution in [0.4, 0.5) is 5.69 Å². The Kier molecular flexibility index (Phi) is 3.49. The van der Waals surface area contributed by atoms with Gasteiger partial charge in [-0.05, 0) is 43.0 Å². The molecule has 0 bridgehead atoms. The van der Waals surface area contributed by atoms with Crippen molar-refractivity contribution in [2.45, 2.75) is 32.7 Å². The third-order valence-electron chi connectivity index (χ3n) is 3.32. The summed E-state index contributed by atoms with van der Waals surface area (Å²) in [5.41, 5.74) is 7.95. The minimum Gasteiger partial charge on any atom is -0.399 e. The first kappa shape index (κ1) is 11.5. The Morgan fingerprint density at radius 3 is 2.50 bits per heavy atom. The third kappa shape index (κ3) is 2.76. The molecule has 0 saturated carbocycles. The van der Waals surface area contributed by atoms with E-state index in [0.717, 1.165) is 17.6 Å². The van der Waals surface area contributed by atoms with Gasteiger partial charge in [0.25, 0.3) is 0 Å². The minimum absolute atomic E-state index is 0.756. The van der Waals surface area contributed by atoms with Gasteiger partial charge in [0, 0.05) is 18.3 Å². The van der Waals surface area contributed by atoms with Gasteiger partial charge in [-0.1, -0.05) is 26.0 Å². The molecule has 1 aromatic rings. The van der Waals surface area contributed by atoms with Crippen LogP contribution in [-0.2, 0) is 6.42 Å². The quantitative estimate of drug-likeness (QED) is 0.787. The first-order valence-corrected chi connectivity index (χ1v) is 6.23. The first-order valence-electron chi connectivity index (χ1n) is 6.23. The molecule has 0 aromatic heterocycles. The van der Waals surface area contributed by atoms with Crippen molar-refractivity contribution in [2.24, 2.45) is 5.92 Å². The maximum absolute atomic E-state index is 5.69. The second-order valence-electron chi connectivity index (χ2n) is 5.28. The van der Waals surface area contributed by atoms with Crippen molar-refractivity contribution in [3.8, 4) is 0 Å². The Balaban J connectivity index is 1.88. The standard InChI is InChI=1S/C14H22N2/c1-11(2)10-16-8-7-14(16)9-12-3-5-13(15)6-4-12/h3-6,11,14H,7-10,15H2,1-2H3. The molecule has 2 N–H and O–H groups in total. The molecule has 0 aliphatic carbocycles. The van der Waals surface area contributed by atoms with Crippen LogP contribution in [0.2, 0.25) is 0 Å². The van der Waals surface area contributed by atoms with Crippen LogP contribution in [0.1, 0.15) is 25.8 Å². The highest BCUT2D eigenvalue weighted by atomic mass is 15.2. The molecule has 16 heavy (non-hydrogen) atoms. The minimum atomic E-state index is 0.756. The van der Waals surface area contributed by atoms with Gasteiger partial charge < -0.3 is 5.73 Å². The van der Waals surface area contributed by atoms with E-state index in [2.05, 4.69) is 30.9 Å². The van der Waals surface area contributed by atoms with E-state index in [1.807, 2.05) is 12.1 Å². The molecule has 1 heterocycles. The second kappa shape index (κ2) is 4.88. The number of benzene rings is 1. The summed E-state index contributed by atoms with van der Waals surface area (Å²) in [6, 6.07) is 9.07. The number of nitrogens with two attached hydrogens (primary N) is 1. The molecule has 0 spiro atoms. The number of rotatable bonds is 4. The fourth-order valence-corrected chi connectivity index (χ4v) is 2.36. The maximum atomic E-state index is 5.69. The zero-order valence-electron chi connectivity index (χ0n) is 10.3. The molecule has 1 saturated heterocycles. The number of hydrogen-bond donors (Lipinski definition) is 1. The Morgan fingerprint density at radius 1 is 1.31 bits per heavy atom. The number of likely N-dealkylation sites (tertiary alicyclic amines) is 1. The highest BCUT2D eigenvalue weighted by molar-refractivity contribution is 5.39. The van der Waals surface area contributed by atoms with Crippen molar-refractivity contribution in [3.63, 3.8) is 0 Å². The summed E-state index contributed by atoms with van der Waals surface area (Å²) in [5, 5.41) is 0. The molecule has 2 heteroatoms. The smallest absolute Gasteiger partial charge is 0.0314 e. The van der Waals surface area contributed by atoms with E-state index in [1.54, 1.807) is 0 Å². The van der Waals surface area contributed by atoms with Crippen LogP contribution in [0.3, 0.4) is 0 Å². The Hall–Kier alpha value is -1.02. The molecule has 2 rings (SSSR count). The van der Waals surface area contributed by atoms with E-state index in [-0.39, 0.29) is 0 Å². The molecule has 1 unspecified atom stereocenters. The number of anilines is 1. The molecule has 0 radical (unpaired) electrons. The lowest BCUT2D eigenvalue weighted by Crippen LogP contribution is -2.50. The lowest BCUT2D eigenvalue weighted by Gasteiger charge is -2.42. The highest BCUT2D eigenvalue weighted by Gasteiger charge is 2.27. The SMILES string of the molecule is CC(C)CN1CCC1Cc1ccc(N)cc1. The van der Waals surface area contributed by atoms with E-state index in [4.69, 9.17) is 5.73 Å². The van der Waals surface area contributed by atoms with Crippen molar-refractivity contribution in [1.82, 2.24) is 4.90 Å². The van der Waals surface area contributed by atoms with Crippen LogP contribution < -0.4 is 5.73 Å². The lowest BCUT2D eigenvalue weighted by molar-refractivity contribution is 0.0771. The molecular weight excluding hydrogens is 196 g/mol. The topological polar surface area (TPSA) is 29.3 Å². The van der Waals surface area contributed by atoms with Gasteiger partial charge in [0.2, 0.25) is 0 Å². The van der Waals surface area contributed by atoms with E-state index in [9.17, 15) is 0 Å². The molecule has 1 aromatic carbocycles. The number of nitrogens with zero attached hydrogens (tertiary/aromatic N) is 1. The van der Waals surface area contributed by atoms with Gasteiger partial charge >= 0.3 is 0 Å². The van der Waals surface area contributed by atoms with Gasteiger partial charge in [0.05, 0.1) is 0 Å². The normalized spacial score (nSPS) is 21.1. The van der Waals surface area contributed by atoms with Crippen LogP contribution in [0.5, 0.6) is 0 Å². The summed E-state index contributed by atoms with van der Waals surface area (Å²) in [6.45, 7) is 7.09. The van der Waals surface area contributed by atoms with Crippen LogP contribution in [0.25, 0.3) is 0 Å². The predicted molar refractivity (Wildman–Crippen MR) is 69.4 cm³/mol. The van der Waals surface area contributed by atoms with Crippen molar-refractivity contribution < 1.29 is 0 Å². The Bertz CT molecular complexity index is 329. The van der Waals surface area contributed by atoms with Crippen LogP contribution >= 0.6 is 0 Å². The summed E-state index contributed by atoms with van der Waals surface area (Å²) < 4.78 is 0. The van der Waals surface area contributed by atoms with Gasteiger partial charge in [0.1, 0.15) is 0 Å². The summed E-state index contributed by atoms with van der Waals surface area (Å²) in [7, 11) is 0. The summed E-state index contributed by atoms with van der Waals surface area (Å²) >= 11 is 0. The average Bonchev–Trinajstić information content (AvgIpc) is 2.23. The summed E-state index contributed by atoms with van der Waals surface area (Å²) in [5.74, 6) is 0.772. The Labute approximate surface area is 98.4 Å². The monoisotopic (exact) mass is 218 g/mol. The van der Waals surface area contributed by atoms with Gasteiger partial charge in [-0.25, -0.2) is 0 Å². The molecule has 1 atom stereocenters. The van der Waals surface area contributed by atoms with Crippen molar-refractivity contribution in [2.75, 3.05) is 18.8 Å². The maximum Gasteiger partial charge on any atom is 0.0314 e. The largest absolute Gasteiger partial charge is 0.399 e. The molecule has 2 nitrogen and oxygen atoms in total. The zero-order valence-corrected chi connectivity index (χ0v) is 10.3. The molecule has 0 amide bonds. The fourth-order valence-electron chi connectivity index (χ4n) is 2.36. The van der Waals surface area contributed by atoms with Gasteiger partial charge in [-0.15, -0.1) is 0 Å². The predicted octanol–water partition coefficient (Wildman–Crippen LogP) is 2.54. The van der Waals surface area contributed by atoms with Crippen LogP contribution in [-0.4, -0.2) is 24.0 Å². The summed E-state index contributed by atoms with van der Waals surface area (Å²) in [6.07, 6.45) is 2.52. The number of nitrogen functional groups attached to an aromatic ring is 1. The van der Waals surface area contributed by atoms with E-state index >= 15 is 0 Å². The van der Waals surface area contributed by atoms with Crippen molar-refractivity contribution >= 4 is 5.69 Å². The average molecular weight is 218 g/mol. The number of hydrogen-bond acceptors (Lipinski definition) is 2. The highest BCUT2D eigenvalue weighted by Crippen LogP contribution is 2.23. The van der Waals surface area contributed by atoms with Crippen molar-refractivity contribution in [1.29, 1.82) is 0 Å². The third-order valence-corrected chi connectivity index (χ3v) is 3.32. The molecule has 88 valence electrons. The second-order valence-corrected chi connectivity index (χ2v) is 5.28. The van der Waals surface area contributed by atoms with E-state index in [0.29, 0.717) is 0 Å². The molecule has 1 fully saturated rings. The van der Waals surface area contributed by atoms with Crippen LogP contribution in [0, 0.1) is 5.92 Å². The van der Waals surface area contributed by atoms with Gasteiger partial charge in [0.15, 0.2) is 0 Å². The molecular formula is C14H22N2. The summed E-state index contributed by atoms with van der Waals surface area (Å²) in [4.78, 5) is 2.60.